The average Bonchev–Trinajstić information content (AvgIpc) is 1.17. The minimum atomic E-state index is -1.22. The van der Waals surface area contributed by atoms with Crippen molar-refractivity contribution in [3.8, 4) is 0 Å². The number of anilines is 1. The van der Waals surface area contributed by atoms with Crippen LogP contribution in [0.5, 0.6) is 0 Å². The molecule has 2 aromatic carbocycles. The van der Waals surface area contributed by atoms with E-state index in [9.17, 15) is 101 Å². The summed E-state index contributed by atoms with van der Waals surface area (Å²) < 4.78 is 17.8. The molecule has 2 aromatic rings. The number of hydrogen-bond acceptors (Lipinski definition) is 24. The SMILES string of the molecule is CC[C@H](C)[C@@H]([C@@H](CC(=O)N1CCC[C@H]1[C@H](OC)[C@@H](C)C(=O)C[C@H](C)[C@@H](O)c1ccccc1)OC)N(C)C(=O)[C@@H](NC(=O)[C@H](C(C)C)N(C)C(=O)OCc1ccc(NC(=O)[C@H](CCCNC(N)=O)NC(=O)[C@@H](NC(=O)CCCC(=O)NCCC(=O)N(C)CC(=O)N(C)CC(=O)N(C)CC(=O)N(C)CC(=O)N(C)CC(=O)N(C)CC(=O)N(C)CC(=O)N(C)CC(=O)N(C)CC(C)=O)C(C)C)cc1)C(C)C. The summed E-state index contributed by atoms with van der Waals surface area (Å²) in [5, 5.41) is 27.2. The normalized spacial score (nSPS) is 14.7. The zero-order valence-corrected chi connectivity index (χ0v) is 85.1. The Labute approximate surface area is 811 Å². The first kappa shape index (κ1) is 120. The number of nitrogens with zero attached hydrogens (tertiary/aromatic N) is 12. The smallest absolute Gasteiger partial charge is 0.410 e. The first-order chi connectivity index (χ1) is 64.6. The number of nitrogens with one attached hydrogen (secondary N) is 6. The van der Waals surface area contributed by atoms with Crippen molar-refractivity contribution in [2.75, 3.05) is 176 Å². The van der Waals surface area contributed by atoms with Crippen molar-refractivity contribution in [1.29, 1.82) is 0 Å². The number of benzene rings is 2. The predicted molar refractivity (Wildman–Crippen MR) is 511 cm³/mol. The maximum atomic E-state index is 14.9. The van der Waals surface area contributed by atoms with Crippen LogP contribution in [0.25, 0.3) is 0 Å². The predicted octanol–water partition coefficient (Wildman–Crippen LogP) is 1.07. The molecular weight excluding hydrogens is 1790 g/mol. The van der Waals surface area contributed by atoms with Gasteiger partial charge in [0.15, 0.2) is 0 Å². The van der Waals surface area contributed by atoms with Gasteiger partial charge in [0.2, 0.25) is 94.5 Å². The number of amides is 19. The van der Waals surface area contributed by atoms with Crippen LogP contribution < -0.4 is 37.6 Å². The maximum Gasteiger partial charge on any atom is 0.410 e. The highest BCUT2D eigenvalue weighted by Crippen LogP contribution is 2.33. The fraction of sp³-hybridized carbons (Fsp3) is 0.663. The van der Waals surface area contributed by atoms with Crippen LogP contribution in [-0.2, 0) is 107 Å². The minimum Gasteiger partial charge on any atom is -0.445 e. The van der Waals surface area contributed by atoms with Crippen molar-refractivity contribution in [2.45, 2.75) is 208 Å². The highest BCUT2D eigenvalue weighted by molar-refractivity contribution is 5.99. The summed E-state index contributed by atoms with van der Waals surface area (Å²) in [6, 6.07) is 8.86. The van der Waals surface area contributed by atoms with Gasteiger partial charge in [-0.3, -0.25) is 91.2 Å². The molecule has 772 valence electrons. The standard InChI is InChI=1S/C95H153N19O24/c1-25-61(8)87(71(136-23)47-75(120)114-45-31-35-69(114)89(137-24)64(11)70(116)46-62(9)88(129)66-32-27-26-28-33-66)112(21)93(133)85(59(4)5)102-92(132)86(60(6)7)113(22)95(135)138-57-65-38-40-67(41-39-65)99-90(130)68(34-30-43-98-94(96)134)100-91(131)84(58(2)3)101-73(118)37-29-36-72(117)97-44-42-74(119)104(13)49-77(122)106(15)51-79(124)108(17)53-81(126)110(19)55-83(128)111(20)56-82(127)109(18)54-80(125)107(16)52-78(123)105(14)50-76(121)103(12)48-63(10)115/h26-28,32-33,38-41,58-62,64,68-69,71,84-89,129H,25,29-31,34-37,42-57H2,1-24H3,(H,97,117)(H,99,130)(H,100,131)(H,101,118)(H,102,132)(H3,96,98,134)/t61-,62-,64-,68-,69-,71+,84-,85-,86-,87-,88+,89+/m0/s1. The van der Waals surface area contributed by atoms with Crippen LogP contribution in [-0.4, -0.2) is 401 Å². The summed E-state index contributed by atoms with van der Waals surface area (Å²) in [5.41, 5.74) is 6.75. The summed E-state index contributed by atoms with van der Waals surface area (Å²) in [6.07, 6.45) is -1.69. The number of methoxy groups -OCH3 is 2. The van der Waals surface area contributed by atoms with Gasteiger partial charge in [0.25, 0.3) is 0 Å². The summed E-state index contributed by atoms with van der Waals surface area (Å²) in [7, 11) is 18.0. The topological polar surface area (TPSA) is 526 Å². The molecule has 0 unspecified atom stereocenters. The van der Waals surface area contributed by atoms with Gasteiger partial charge in [-0.2, -0.15) is 0 Å². The Bertz CT molecular complexity index is 4470. The van der Waals surface area contributed by atoms with Gasteiger partial charge >= 0.3 is 12.1 Å². The van der Waals surface area contributed by atoms with Crippen LogP contribution in [0.15, 0.2) is 54.6 Å². The van der Waals surface area contributed by atoms with Crippen molar-refractivity contribution >= 4 is 124 Å². The molecule has 43 nitrogen and oxygen atoms in total. The van der Waals surface area contributed by atoms with Crippen LogP contribution in [0.2, 0.25) is 0 Å². The number of ether oxygens (including phenoxy) is 3. The van der Waals surface area contributed by atoms with Crippen LogP contribution in [0.3, 0.4) is 0 Å². The lowest BCUT2D eigenvalue weighted by Crippen LogP contribution is -2.60. The molecule has 0 radical (unpaired) electrons. The molecule has 0 bridgehead atoms. The fourth-order valence-corrected chi connectivity index (χ4v) is 15.6. The Morgan fingerprint density at radius 1 is 0.486 bits per heavy atom. The number of aliphatic hydroxyl groups excluding tert-OH is 1. The molecule has 1 heterocycles. The molecule has 1 aliphatic rings. The quantitative estimate of drug-likeness (QED) is 0.0429. The van der Waals surface area contributed by atoms with Gasteiger partial charge in [-0.15, -0.1) is 0 Å². The van der Waals surface area contributed by atoms with E-state index in [1.807, 2.05) is 51.1 Å². The van der Waals surface area contributed by atoms with Gasteiger partial charge in [-0.25, -0.2) is 9.59 Å². The van der Waals surface area contributed by atoms with Crippen molar-refractivity contribution in [1.82, 2.24) is 85.4 Å². The van der Waals surface area contributed by atoms with E-state index in [0.717, 1.165) is 44.1 Å². The molecule has 3 rings (SSSR count). The second-order valence-electron chi connectivity index (χ2n) is 37.1. The third kappa shape index (κ3) is 39.3. The molecule has 19 amide bonds. The Hall–Kier alpha value is -12.3. The number of ketones is 2. The second kappa shape index (κ2) is 59.1. The summed E-state index contributed by atoms with van der Waals surface area (Å²) in [6.45, 7) is 15.5. The second-order valence-corrected chi connectivity index (χ2v) is 37.1. The van der Waals surface area contributed by atoms with Gasteiger partial charge in [-0.05, 0) is 91.9 Å². The zero-order valence-electron chi connectivity index (χ0n) is 85.1. The van der Waals surface area contributed by atoms with Crippen molar-refractivity contribution in [3.63, 3.8) is 0 Å². The molecule has 9 N–H and O–H groups in total. The van der Waals surface area contributed by atoms with E-state index in [1.54, 1.807) is 72.5 Å². The average molecular weight is 1950 g/mol. The molecular formula is C95H153N19O24. The highest BCUT2D eigenvalue weighted by atomic mass is 16.6. The largest absolute Gasteiger partial charge is 0.445 e. The van der Waals surface area contributed by atoms with Crippen LogP contribution in [0, 0.1) is 35.5 Å². The zero-order chi connectivity index (χ0) is 105. The fourth-order valence-electron chi connectivity index (χ4n) is 15.6. The van der Waals surface area contributed by atoms with Gasteiger partial charge in [0, 0.05) is 149 Å². The maximum absolute atomic E-state index is 14.9. The monoisotopic (exact) mass is 1940 g/mol. The van der Waals surface area contributed by atoms with E-state index < -0.39 is 225 Å². The molecule has 138 heavy (non-hydrogen) atoms. The van der Waals surface area contributed by atoms with E-state index >= 15 is 0 Å². The molecule has 1 aliphatic heterocycles. The molecule has 1 fully saturated rings. The van der Waals surface area contributed by atoms with Crippen LogP contribution in [0.1, 0.15) is 164 Å². The molecule has 0 aromatic heterocycles. The van der Waals surface area contributed by atoms with E-state index in [4.69, 9.17) is 19.9 Å². The molecule has 43 heteroatoms. The number of nitrogens with two attached hydrogens (primary N) is 1. The number of likely N-dealkylation sites (N-methyl/N-ethyl adjacent to an activating group) is 11. The summed E-state index contributed by atoms with van der Waals surface area (Å²) in [4.78, 5) is 280. The van der Waals surface area contributed by atoms with Gasteiger partial charge < -0.3 is 111 Å². The molecule has 0 aliphatic carbocycles. The van der Waals surface area contributed by atoms with Gasteiger partial charge in [0.1, 0.15) is 42.3 Å². The van der Waals surface area contributed by atoms with E-state index in [0.29, 0.717) is 36.9 Å². The molecule has 0 spiro atoms. The number of primary amides is 1. The summed E-state index contributed by atoms with van der Waals surface area (Å²) in [5.74, 6) is -12.3. The number of likely N-dealkylation sites (tertiary alicyclic amines) is 1. The number of hydrogen-bond donors (Lipinski definition) is 8. The molecule has 12 atom stereocenters. The Kier molecular flexibility index (Phi) is 51.3. The van der Waals surface area contributed by atoms with E-state index in [1.165, 1.54) is 114 Å². The minimum absolute atomic E-state index is 0.00530. The van der Waals surface area contributed by atoms with Crippen LogP contribution in [0.4, 0.5) is 15.3 Å². The number of aliphatic hydroxyl groups is 1. The van der Waals surface area contributed by atoms with Gasteiger partial charge in [0.05, 0.1) is 95.7 Å². The Morgan fingerprint density at radius 3 is 1.38 bits per heavy atom. The number of carbonyl (C=O) groups excluding carboxylic acids is 20. The first-order valence-corrected chi connectivity index (χ1v) is 46.7. The Morgan fingerprint density at radius 2 is 0.949 bits per heavy atom. The van der Waals surface area contributed by atoms with Crippen molar-refractivity contribution in [3.05, 3.63) is 65.7 Å². The number of urea groups is 1. The van der Waals surface area contributed by atoms with Gasteiger partial charge in [-0.1, -0.05) is 118 Å². The molecule has 0 saturated carbocycles. The number of carbonyl (C=O) groups is 20. The third-order valence-electron chi connectivity index (χ3n) is 24.6. The van der Waals surface area contributed by atoms with E-state index in [-0.39, 0.29) is 119 Å². The summed E-state index contributed by atoms with van der Waals surface area (Å²) >= 11 is 0. The molecule has 1 saturated heterocycles. The lowest BCUT2D eigenvalue weighted by molar-refractivity contribution is -0.148. The number of rotatable bonds is 58. The highest BCUT2D eigenvalue weighted by Gasteiger charge is 2.45. The lowest BCUT2D eigenvalue weighted by atomic mass is 9.85. The number of Topliss-reactive ketones (excluding diaryl/α,β-unsaturated/α-hetero) is 2. The first-order valence-electron chi connectivity index (χ1n) is 46.7. The third-order valence-corrected chi connectivity index (χ3v) is 24.6. The van der Waals surface area contributed by atoms with E-state index in [2.05, 4.69) is 31.9 Å². The van der Waals surface area contributed by atoms with Crippen molar-refractivity contribution < 1.29 is 115 Å². The lowest BCUT2D eigenvalue weighted by Gasteiger charge is -2.41. The Balaban J connectivity index is 1.52. The van der Waals surface area contributed by atoms with Crippen molar-refractivity contribution in [2.24, 2.45) is 41.2 Å². The van der Waals surface area contributed by atoms with Crippen LogP contribution >= 0.6 is 0 Å².